The van der Waals surface area contributed by atoms with Crippen molar-refractivity contribution < 1.29 is 23.4 Å². The number of benzene rings is 1. The summed E-state index contributed by atoms with van der Waals surface area (Å²) in [5.74, 6) is 3.71. The molecular weight excluding hydrogens is 450 g/mol. The topological polar surface area (TPSA) is 104 Å². The predicted molar refractivity (Wildman–Crippen MR) is 129 cm³/mol. The summed E-state index contributed by atoms with van der Waals surface area (Å²) in [6, 6.07) is 5.21. The maximum Gasteiger partial charge on any atom is 0.255 e. The highest BCUT2D eigenvalue weighted by Gasteiger charge is 2.28. The molecule has 1 atom stereocenters. The predicted octanol–water partition coefficient (Wildman–Crippen LogP) is 3.08. The number of fused-ring (bicyclic) bond motifs is 1. The number of carbonyl (C=O) groups is 1. The van der Waals surface area contributed by atoms with Crippen LogP contribution in [0.4, 0.5) is 0 Å². The van der Waals surface area contributed by atoms with Gasteiger partial charge >= 0.3 is 0 Å². The van der Waals surface area contributed by atoms with Gasteiger partial charge < -0.3 is 28.5 Å². The first-order chi connectivity index (χ1) is 16.9. The minimum absolute atomic E-state index is 0.134. The summed E-state index contributed by atoms with van der Waals surface area (Å²) in [6.07, 6.45) is 3.69. The van der Waals surface area contributed by atoms with Crippen molar-refractivity contribution in [2.75, 3.05) is 34.4 Å². The zero-order valence-corrected chi connectivity index (χ0v) is 20.9. The summed E-state index contributed by atoms with van der Waals surface area (Å²) in [7, 11) is 4.90. The van der Waals surface area contributed by atoms with Crippen LogP contribution in [0, 0.1) is 5.92 Å². The van der Waals surface area contributed by atoms with E-state index in [1.165, 1.54) is 12.5 Å². The van der Waals surface area contributed by atoms with Gasteiger partial charge in [0.15, 0.2) is 17.3 Å². The van der Waals surface area contributed by atoms with Crippen molar-refractivity contribution in [3.05, 3.63) is 53.5 Å². The van der Waals surface area contributed by atoms with Crippen molar-refractivity contribution in [3.63, 3.8) is 0 Å². The maximum absolute atomic E-state index is 12.7. The van der Waals surface area contributed by atoms with Gasteiger partial charge in [-0.05, 0) is 18.1 Å². The largest absolute Gasteiger partial charge is 0.496 e. The Morgan fingerprint density at radius 3 is 2.46 bits per heavy atom. The van der Waals surface area contributed by atoms with Crippen LogP contribution in [0.3, 0.4) is 0 Å². The molecule has 2 aromatic heterocycles. The lowest BCUT2D eigenvalue weighted by atomic mass is 10.0. The highest BCUT2D eigenvalue weighted by atomic mass is 16.5. The molecule has 0 unspecified atom stereocenters. The van der Waals surface area contributed by atoms with Crippen LogP contribution in [-0.4, -0.2) is 60.0 Å². The van der Waals surface area contributed by atoms with Crippen LogP contribution in [0.15, 0.2) is 35.1 Å². The van der Waals surface area contributed by atoms with Crippen molar-refractivity contribution in [1.29, 1.82) is 0 Å². The standard InChI is InChI=1S/C25H33N5O5/c1-16(2)23(26-25(31)17-7-11-35-15-17)24-28-27-22-6-8-29(9-10-30(22)24)14-18-12-20(33-4)21(34-5)13-19(18)32-3/h7,11-13,15-16,23H,6,8-10,14H2,1-5H3,(H,26,31)/t23-/m0/s1. The number of amides is 1. The molecule has 0 aliphatic carbocycles. The molecular formula is C25H33N5O5. The van der Waals surface area contributed by atoms with Crippen LogP contribution < -0.4 is 19.5 Å². The van der Waals surface area contributed by atoms with Gasteiger partial charge in [0.2, 0.25) is 0 Å². The smallest absolute Gasteiger partial charge is 0.255 e. The Hall–Kier alpha value is -3.53. The average molecular weight is 484 g/mol. The molecule has 1 N–H and O–H groups in total. The number of rotatable bonds is 9. The van der Waals surface area contributed by atoms with Gasteiger partial charge in [-0.1, -0.05) is 13.8 Å². The number of nitrogens with one attached hydrogen (secondary N) is 1. The van der Waals surface area contributed by atoms with Crippen molar-refractivity contribution >= 4 is 5.91 Å². The van der Waals surface area contributed by atoms with Gasteiger partial charge in [-0.3, -0.25) is 9.69 Å². The molecule has 35 heavy (non-hydrogen) atoms. The zero-order chi connectivity index (χ0) is 24.9. The molecule has 10 nitrogen and oxygen atoms in total. The van der Waals surface area contributed by atoms with Crippen LogP contribution in [0.1, 0.15) is 47.5 Å². The second-order valence-corrected chi connectivity index (χ2v) is 8.88. The lowest BCUT2D eigenvalue weighted by molar-refractivity contribution is 0.0921. The summed E-state index contributed by atoms with van der Waals surface area (Å²) < 4.78 is 23.7. The van der Waals surface area contributed by atoms with E-state index < -0.39 is 0 Å². The second-order valence-electron chi connectivity index (χ2n) is 8.88. The summed E-state index contributed by atoms with van der Waals surface area (Å²) in [4.78, 5) is 15.1. The number of hydrogen-bond acceptors (Lipinski definition) is 8. The van der Waals surface area contributed by atoms with E-state index in [-0.39, 0.29) is 17.9 Å². The van der Waals surface area contributed by atoms with Crippen molar-refractivity contribution in [1.82, 2.24) is 25.0 Å². The molecule has 1 aliphatic heterocycles. The molecule has 1 aliphatic rings. The lowest BCUT2D eigenvalue weighted by Crippen LogP contribution is -2.34. The normalized spacial score (nSPS) is 14.8. The Kier molecular flexibility index (Phi) is 7.60. The fourth-order valence-electron chi connectivity index (χ4n) is 4.38. The Morgan fingerprint density at radius 2 is 1.80 bits per heavy atom. The molecule has 10 heteroatoms. The Bertz CT molecular complexity index is 1140. The molecule has 0 saturated heterocycles. The average Bonchev–Trinajstić information content (AvgIpc) is 3.50. The minimum Gasteiger partial charge on any atom is -0.496 e. The Balaban J connectivity index is 1.51. The number of ether oxygens (including phenoxy) is 3. The van der Waals surface area contributed by atoms with Crippen molar-refractivity contribution in [2.24, 2.45) is 5.92 Å². The fraction of sp³-hybridized carbons (Fsp3) is 0.480. The first-order valence-electron chi connectivity index (χ1n) is 11.7. The van der Waals surface area contributed by atoms with E-state index in [2.05, 4.69) is 38.8 Å². The fourth-order valence-corrected chi connectivity index (χ4v) is 4.38. The highest BCUT2D eigenvalue weighted by Crippen LogP contribution is 2.35. The first kappa shape index (κ1) is 24.6. The van der Waals surface area contributed by atoms with Gasteiger partial charge in [-0.25, -0.2) is 0 Å². The van der Waals surface area contributed by atoms with E-state index in [9.17, 15) is 4.79 Å². The van der Waals surface area contributed by atoms with Crippen LogP contribution in [0.25, 0.3) is 0 Å². The van der Waals surface area contributed by atoms with Gasteiger partial charge in [0.25, 0.3) is 5.91 Å². The van der Waals surface area contributed by atoms with E-state index in [4.69, 9.17) is 18.6 Å². The maximum atomic E-state index is 12.7. The monoisotopic (exact) mass is 483 g/mol. The van der Waals surface area contributed by atoms with Gasteiger partial charge in [0.1, 0.15) is 17.8 Å². The first-order valence-corrected chi connectivity index (χ1v) is 11.7. The lowest BCUT2D eigenvalue weighted by Gasteiger charge is -2.24. The zero-order valence-electron chi connectivity index (χ0n) is 20.9. The molecule has 3 heterocycles. The molecule has 0 spiro atoms. The van der Waals surface area contributed by atoms with Gasteiger partial charge in [0.05, 0.1) is 39.2 Å². The summed E-state index contributed by atoms with van der Waals surface area (Å²) in [5.41, 5.74) is 1.51. The quantitative estimate of drug-likeness (QED) is 0.495. The van der Waals surface area contributed by atoms with Crippen LogP contribution in [-0.2, 0) is 19.5 Å². The van der Waals surface area contributed by atoms with Crippen LogP contribution >= 0.6 is 0 Å². The summed E-state index contributed by atoms with van der Waals surface area (Å²) in [6.45, 7) is 7.17. The molecule has 188 valence electrons. The Morgan fingerprint density at radius 1 is 1.06 bits per heavy atom. The molecule has 0 fully saturated rings. The molecule has 0 saturated carbocycles. The molecule has 0 bridgehead atoms. The van der Waals surface area contributed by atoms with Gasteiger partial charge in [0, 0.05) is 44.2 Å². The number of aromatic nitrogens is 3. The van der Waals surface area contributed by atoms with Crippen LogP contribution in [0.5, 0.6) is 17.2 Å². The molecule has 1 aromatic carbocycles. The Labute approximate surface area is 205 Å². The van der Waals surface area contributed by atoms with Gasteiger partial charge in [-0.15, -0.1) is 10.2 Å². The molecule has 1 amide bonds. The third kappa shape index (κ3) is 5.27. The van der Waals surface area contributed by atoms with E-state index in [1.807, 2.05) is 12.1 Å². The number of nitrogens with zero attached hydrogens (tertiary/aromatic N) is 4. The number of hydrogen-bond donors (Lipinski definition) is 1. The third-order valence-corrected chi connectivity index (χ3v) is 6.34. The van der Waals surface area contributed by atoms with Crippen LogP contribution in [0.2, 0.25) is 0 Å². The van der Waals surface area contributed by atoms with E-state index >= 15 is 0 Å². The summed E-state index contributed by atoms with van der Waals surface area (Å²) in [5, 5.41) is 12.1. The molecule has 3 aromatic rings. The van der Waals surface area contributed by atoms with Crippen molar-refractivity contribution in [3.8, 4) is 17.2 Å². The third-order valence-electron chi connectivity index (χ3n) is 6.34. The van der Waals surface area contributed by atoms with E-state index in [0.29, 0.717) is 23.6 Å². The minimum atomic E-state index is -0.267. The molecule has 4 rings (SSSR count). The number of methoxy groups -OCH3 is 3. The second kappa shape index (κ2) is 10.8. The van der Waals surface area contributed by atoms with E-state index in [1.54, 1.807) is 27.4 Å². The number of carbonyl (C=O) groups excluding carboxylic acids is 1. The van der Waals surface area contributed by atoms with E-state index in [0.717, 1.165) is 49.0 Å². The summed E-state index contributed by atoms with van der Waals surface area (Å²) >= 11 is 0. The van der Waals surface area contributed by atoms with Crippen molar-refractivity contribution in [2.45, 2.75) is 39.4 Å². The highest BCUT2D eigenvalue weighted by molar-refractivity contribution is 5.94. The van der Waals surface area contributed by atoms with Gasteiger partial charge in [-0.2, -0.15) is 0 Å². The molecule has 0 radical (unpaired) electrons. The number of furan rings is 1. The SMILES string of the molecule is COc1cc(OC)c(OC)cc1CN1CCc2nnc([C@@H](NC(=O)c3ccoc3)C(C)C)n2CC1.